The number of amides is 1. The number of hydrogen-bond donors (Lipinski definition) is 1. The topological polar surface area (TPSA) is 29.1 Å². The predicted molar refractivity (Wildman–Crippen MR) is 65.8 cm³/mol. The zero-order chi connectivity index (χ0) is 11.1. The number of carbonyl (C=O) groups excluding carboxylic acids is 1. The Hall–Kier alpha value is -0.350. The average molecular weight is 288 g/mol. The van der Waals surface area contributed by atoms with E-state index in [1.165, 1.54) is 4.88 Å². The summed E-state index contributed by atoms with van der Waals surface area (Å²) in [6.07, 6.45) is 1.02. The summed E-state index contributed by atoms with van der Waals surface area (Å²) < 4.78 is 1.09. The van der Waals surface area contributed by atoms with Gasteiger partial charge in [-0.05, 0) is 33.8 Å². The third kappa shape index (κ3) is 2.61. The molecule has 1 amide bonds. The van der Waals surface area contributed by atoms with Crippen molar-refractivity contribution in [1.82, 2.24) is 5.32 Å². The molecule has 1 aliphatic rings. The lowest BCUT2D eigenvalue weighted by Crippen LogP contribution is -2.25. The van der Waals surface area contributed by atoms with Gasteiger partial charge in [0.2, 0.25) is 5.91 Å². The molecule has 0 saturated heterocycles. The van der Waals surface area contributed by atoms with E-state index in [0.29, 0.717) is 6.54 Å². The van der Waals surface area contributed by atoms with Gasteiger partial charge in [0.15, 0.2) is 0 Å². The van der Waals surface area contributed by atoms with Gasteiger partial charge in [0.1, 0.15) is 0 Å². The maximum absolute atomic E-state index is 11.7. The van der Waals surface area contributed by atoms with E-state index in [-0.39, 0.29) is 17.2 Å². The SMILES string of the molecule is CC1(C)CC1C(=O)NCc1cc(Br)cs1. The smallest absolute Gasteiger partial charge is 0.223 e. The van der Waals surface area contributed by atoms with Gasteiger partial charge in [0, 0.05) is 20.6 Å². The quantitative estimate of drug-likeness (QED) is 0.909. The average Bonchev–Trinajstić information content (AvgIpc) is 2.59. The molecule has 1 aromatic heterocycles. The monoisotopic (exact) mass is 287 g/mol. The van der Waals surface area contributed by atoms with Crippen LogP contribution < -0.4 is 5.32 Å². The lowest BCUT2D eigenvalue weighted by Gasteiger charge is -2.04. The first-order valence-corrected chi connectivity index (χ1v) is 6.67. The van der Waals surface area contributed by atoms with E-state index >= 15 is 0 Å². The molecule has 2 nitrogen and oxygen atoms in total. The van der Waals surface area contributed by atoms with Crippen molar-refractivity contribution in [2.75, 3.05) is 0 Å². The number of hydrogen-bond acceptors (Lipinski definition) is 2. The van der Waals surface area contributed by atoms with Crippen molar-refractivity contribution in [3.8, 4) is 0 Å². The summed E-state index contributed by atoms with van der Waals surface area (Å²) in [6.45, 7) is 4.93. The lowest BCUT2D eigenvalue weighted by atomic mass is 10.1. The molecule has 0 aliphatic heterocycles. The summed E-state index contributed by atoms with van der Waals surface area (Å²) in [5.74, 6) is 0.422. The van der Waals surface area contributed by atoms with Crippen molar-refractivity contribution in [1.29, 1.82) is 0 Å². The Morgan fingerprint density at radius 3 is 2.87 bits per heavy atom. The summed E-state index contributed by atoms with van der Waals surface area (Å²) >= 11 is 5.06. The van der Waals surface area contributed by atoms with Crippen LogP contribution in [0.3, 0.4) is 0 Å². The molecule has 1 unspecified atom stereocenters. The zero-order valence-corrected chi connectivity index (χ0v) is 11.2. The third-order valence-corrected chi connectivity index (χ3v) is 4.59. The normalized spacial score (nSPS) is 22.5. The maximum Gasteiger partial charge on any atom is 0.223 e. The molecule has 2 rings (SSSR count). The van der Waals surface area contributed by atoms with Gasteiger partial charge in [-0.15, -0.1) is 11.3 Å². The first kappa shape index (κ1) is 11.1. The molecular weight excluding hydrogens is 274 g/mol. The molecule has 1 atom stereocenters. The highest BCUT2D eigenvalue weighted by Gasteiger charge is 2.50. The minimum Gasteiger partial charge on any atom is -0.351 e. The summed E-state index contributed by atoms with van der Waals surface area (Å²) in [7, 11) is 0. The van der Waals surface area contributed by atoms with Crippen LogP contribution in [0.2, 0.25) is 0 Å². The van der Waals surface area contributed by atoms with Gasteiger partial charge < -0.3 is 5.32 Å². The number of carbonyl (C=O) groups is 1. The Morgan fingerprint density at radius 2 is 2.40 bits per heavy atom. The predicted octanol–water partition coefficient (Wildman–Crippen LogP) is 3.17. The van der Waals surface area contributed by atoms with Gasteiger partial charge in [0.05, 0.1) is 6.54 Å². The fourth-order valence-corrected chi connectivity index (χ4v) is 3.05. The second-order valence-electron chi connectivity index (χ2n) is 4.69. The molecule has 1 aromatic rings. The fraction of sp³-hybridized carbons (Fsp3) is 0.545. The van der Waals surface area contributed by atoms with Crippen LogP contribution in [0.1, 0.15) is 25.1 Å². The summed E-state index contributed by atoms with van der Waals surface area (Å²) in [4.78, 5) is 12.9. The summed E-state index contributed by atoms with van der Waals surface area (Å²) in [5, 5.41) is 5.01. The van der Waals surface area contributed by atoms with Gasteiger partial charge in [-0.2, -0.15) is 0 Å². The van der Waals surface area contributed by atoms with Crippen molar-refractivity contribution >= 4 is 33.2 Å². The van der Waals surface area contributed by atoms with E-state index < -0.39 is 0 Å². The fourth-order valence-electron chi connectivity index (χ4n) is 1.66. The number of halogens is 1. The Labute approximate surface area is 102 Å². The first-order valence-electron chi connectivity index (χ1n) is 5.00. The molecule has 1 aliphatic carbocycles. The zero-order valence-electron chi connectivity index (χ0n) is 8.84. The summed E-state index contributed by atoms with van der Waals surface area (Å²) in [5.41, 5.74) is 0.222. The van der Waals surface area contributed by atoms with Gasteiger partial charge in [-0.25, -0.2) is 0 Å². The highest BCUT2D eigenvalue weighted by Crippen LogP contribution is 2.51. The van der Waals surface area contributed by atoms with Crippen molar-refractivity contribution < 1.29 is 4.79 Å². The first-order chi connectivity index (χ1) is 6.99. The van der Waals surface area contributed by atoms with Gasteiger partial charge >= 0.3 is 0 Å². The van der Waals surface area contributed by atoms with Crippen LogP contribution in [0.25, 0.3) is 0 Å². The molecule has 1 N–H and O–H groups in total. The Balaban J connectivity index is 1.82. The molecule has 15 heavy (non-hydrogen) atoms. The van der Waals surface area contributed by atoms with E-state index in [1.54, 1.807) is 11.3 Å². The van der Waals surface area contributed by atoms with Crippen LogP contribution in [0, 0.1) is 11.3 Å². The Bertz CT molecular complexity index is 386. The maximum atomic E-state index is 11.7. The molecule has 1 saturated carbocycles. The van der Waals surface area contributed by atoms with Crippen LogP contribution in [0.4, 0.5) is 0 Å². The van der Waals surface area contributed by atoms with Crippen LogP contribution in [-0.2, 0) is 11.3 Å². The second-order valence-corrected chi connectivity index (χ2v) is 6.61. The molecule has 1 heterocycles. The Kier molecular flexibility index (Phi) is 2.90. The molecule has 1 fully saturated rings. The number of thiophene rings is 1. The van der Waals surface area contributed by atoms with E-state index in [9.17, 15) is 4.79 Å². The minimum atomic E-state index is 0.199. The number of rotatable bonds is 3. The standard InChI is InChI=1S/C11H14BrNOS/c1-11(2)4-9(11)10(14)13-5-8-3-7(12)6-15-8/h3,6,9H,4-5H2,1-2H3,(H,13,14). The highest BCUT2D eigenvalue weighted by molar-refractivity contribution is 9.10. The van der Waals surface area contributed by atoms with E-state index in [1.807, 2.05) is 11.4 Å². The molecule has 0 radical (unpaired) electrons. The lowest BCUT2D eigenvalue weighted by molar-refractivity contribution is -0.123. The Morgan fingerprint density at radius 1 is 1.73 bits per heavy atom. The molecule has 0 bridgehead atoms. The van der Waals surface area contributed by atoms with Crippen molar-refractivity contribution in [2.45, 2.75) is 26.8 Å². The second kappa shape index (κ2) is 3.91. The van der Waals surface area contributed by atoms with E-state index in [2.05, 4.69) is 35.1 Å². The van der Waals surface area contributed by atoms with Crippen molar-refractivity contribution in [3.05, 3.63) is 20.8 Å². The van der Waals surface area contributed by atoms with Crippen molar-refractivity contribution in [3.63, 3.8) is 0 Å². The van der Waals surface area contributed by atoms with E-state index in [0.717, 1.165) is 10.9 Å². The van der Waals surface area contributed by atoms with Crippen molar-refractivity contribution in [2.24, 2.45) is 11.3 Å². The molecule has 0 aromatic carbocycles. The highest BCUT2D eigenvalue weighted by atomic mass is 79.9. The molecule has 0 spiro atoms. The van der Waals surface area contributed by atoms with Crippen LogP contribution in [-0.4, -0.2) is 5.91 Å². The van der Waals surface area contributed by atoms with E-state index in [4.69, 9.17) is 0 Å². The van der Waals surface area contributed by atoms with Crippen LogP contribution >= 0.6 is 27.3 Å². The van der Waals surface area contributed by atoms with Crippen LogP contribution in [0.15, 0.2) is 15.9 Å². The third-order valence-electron chi connectivity index (χ3n) is 2.89. The van der Waals surface area contributed by atoms with Gasteiger partial charge in [-0.1, -0.05) is 13.8 Å². The molecule has 4 heteroatoms. The molecular formula is C11H14BrNOS. The summed E-state index contributed by atoms with van der Waals surface area (Å²) in [6, 6.07) is 2.04. The van der Waals surface area contributed by atoms with Crippen LogP contribution in [0.5, 0.6) is 0 Å². The van der Waals surface area contributed by atoms with Gasteiger partial charge in [0.25, 0.3) is 0 Å². The molecule has 82 valence electrons. The number of nitrogens with one attached hydrogen (secondary N) is 1. The minimum absolute atomic E-state index is 0.199. The largest absolute Gasteiger partial charge is 0.351 e. The van der Waals surface area contributed by atoms with Gasteiger partial charge in [-0.3, -0.25) is 4.79 Å².